The molecule has 1 rings (SSSR count). The van der Waals surface area contributed by atoms with Crippen LogP contribution in [0.4, 0.5) is 15.8 Å². The van der Waals surface area contributed by atoms with Crippen molar-refractivity contribution in [3.63, 3.8) is 0 Å². The molecule has 1 unspecified atom stereocenters. The summed E-state index contributed by atoms with van der Waals surface area (Å²) in [5.41, 5.74) is -1.50. The van der Waals surface area contributed by atoms with Gasteiger partial charge in [-0.25, -0.2) is 4.79 Å². The molecular formula is C16H20FN3O6. The van der Waals surface area contributed by atoms with Crippen LogP contribution in [0.1, 0.15) is 27.7 Å². The van der Waals surface area contributed by atoms with E-state index in [0.717, 1.165) is 18.2 Å². The molecule has 142 valence electrons. The van der Waals surface area contributed by atoms with Gasteiger partial charge in [-0.2, -0.15) is 4.39 Å². The number of anilines is 1. The first-order chi connectivity index (χ1) is 11.9. The van der Waals surface area contributed by atoms with Crippen LogP contribution in [0.2, 0.25) is 0 Å². The average Bonchev–Trinajstić information content (AvgIpc) is 2.53. The molecule has 0 aromatic heterocycles. The average molecular weight is 369 g/mol. The molecular weight excluding hydrogens is 349 g/mol. The van der Waals surface area contributed by atoms with Crippen molar-refractivity contribution in [3.8, 4) is 0 Å². The molecule has 0 saturated heterocycles. The molecule has 0 heterocycles. The van der Waals surface area contributed by atoms with Crippen LogP contribution < -0.4 is 10.6 Å². The number of benzene rings is 1. The lowest BCUT2D eigenvalue weighted by atomic mass is 9.95. The number of halogens is 1. The van der Waals surface area contributed by atoms with Crippen molar-refractivity contribution < 1.29 is 28.4 Å². The topological polar surface area (TPSA) is 128 Å². The minimum atomic E-state index is -1.04. The number of hydrogen-bond donors (Lipinski definition) is 2. The Morgan fingerprint density at radius 2 is 1.92 bits per heavy atom. The highest BCUT2D eigenvalue weighted by Crippen LogP contribution is 2.21. The van der Waals surface area contributed by atoms with Gasteiger partial charge < -0.3 is 15.4 Å². The van der Waals surface area contributed by atoms with E-state index >= 15 is 0 Å². The molecule has 2 N–H and O–H groups in total. The molecule has 2 amide bonds. The van der Waals surface area contributed by atoms with E-state index < -0.39 is 46.4 Å². The van der Waals surface area contributed by atoms with E-state index in [2.05, 4.69) is 10.6 Å². The van der Waals surface area contributed by atoms with Crippen LogP contribution in [0.3, 0.4) is 0 Å². The number of carbonyl (C=O) groups is 3. The Labute approximate surface area is 149 Å². The number of nitro benzene ring substituents is 1. The van der Waals surface area contributed by atoms with Gasteiger partial charge in [-0.1, -0.05) is 20.8 Å². The molecule has 1 atom stereocenters. The second-order valence-electron chi connectivity index (χ2n) is 6.52. The Kier molecular flexibility index (Phi) is 6.76. The maximum absolute atomic E-state index is 13.2. The fraction of sp³-hybridized carbons (Fsp3) is 0.438. The first-order valence-electron chi connectivity index (χ1n) is 7.63. The minimum Gasteiger partial charge on any atom is -0.454 e. The fourth-order valence-corrected chi connectivity index (χ4v) is 1.66. The van der Waals surface area contributed by atoms with Gasteiger partial charge >= 0.3 is 11.7 Å². The minimum absolute atomic E-state index is 0.0202. The molecule has 0 aliphatic heterocycles. The Bertz CT molecular complexity index is 729. The van der Waals surface area contributed by atoms with E-state index in [-0.39, 0.29) is 11.6 Å². The van der Waals surface area contributed by atoms with Gasteiger partial charge in [-0.15, -0.1) is 0 Å². The highest BCUT2D eigenvalue weighted by molar-refractivity contribution is 5.94. The third kappa shape index (κ3) is 6.11. The summed E-state index contributed by atoms with van der Waals surface area (Å²) in [6, 6.07) is 1.86. The number of nitrogens with one attached hydrogen (secondary N) is 2. The number of nitrogens with zero attached hydrogens (tertiary/aromatic N) is 1. The number of nitro groups is 1. The van der Waals surface area contributed by atoms with Crippen molar-refractivity contribution >= 4 is 29.2 Å². The van der Waals surface area contributed by atoms with E-state index in [4.69, 9.17) is 4.74 Å². The molecule has 0 saturated carbocycles. The van der Waals surface area contributed by atoms with Crippen LogP contribution in [0.5, 0.6) is 0 Å². The monoisotopic (exact) mass is 369 g/mol. The second-order valence-corrected chi connectivity index (χ2v) is 6.52. The SMILES string of the molecule is CC(NC(=O)C(C)(C)C)C(=O)OCC(=O)Nc1ccc(F)c([N+](=O)[O-])c1. The van der Waals surface area contributed by atoms with E-state index in [1.54, 1.807) is 20.8 Å². The summed E-state index contributed by atoms with van der Waals surface area (Å²) in [6.45, 7) is 5.77. The number of amides is 2. The molecule has 26 heavy (non-hydrogen) atoms. The lowest BCUT2D eigenvalue weighted by Crippen LogP contribution is -2.45. The fourth-order valence-electron chi connectivity index (χ4n) is 1.66. The van der Waals surface area contributed by atoms with Gasteiger partial charge in [0.25, 0.3) is 5.91 Å². The Morgan fingerprint density at radius 1 is 1.31 bits per heavy atom. The molecule has 9 nitrogen and oxygen atoms in total. The molecule has 1 aromatic rings. The molecule has 0 bridgehead atoms. The quantitative estimate of drug-likeness (QED) is 0.447. The summed E-state index contributed by atoms with van der Waals surface area (Å²) >= 11 is 0. The molecule has 10 heteroatoms. The summed E-state index contributed by atoms with van der Waals surface area (Å²) in [4.78, 5) is 45.1. The predicted molar refractivity (Wildman–Crippen MR) is 89.7 cm³/mol. The van der Waals surface area contributed by atoms with Crippen molar-refractivity contribution in [2.45, 2.75) is 33.7 Å². The Morgan fingerprint density at radius 3 is 2.46 bits per heavy atom. The molecule has 0 aliphatic rings. The maximum Gasteiger partial charge on any atom is 0.328 e. The highest BCUT2D eigenvalue weighted by atomic mass is 19.1. The molecule has 0 spiro atoms. The standard InChI is InChI=1S/C16H20FN3O6/c1-9(18-15(23)16(2,3)4)14(22)26-8-13(21)19-10-5-6-11(17)12(7-10)20(24)25/h5-7,9H,8H2,1-4H3,(H,18,23)(H,19,21). The van der Waals surface area contributed by atoms with Gasteiger partial charge in [-0.05, 0) is 19.1 Å². The normalized spacial score (nSPS) is 12.0. The van der Waals surface area contributed by atoms with Crippen LogP contribution in [-0.4, -0.2) is 35.4 Å². The second kappa shape index (κ2) is 8.37. The zero-order valence-electron chi connectivity index (χ0n) is 14.8. The van der Waals surface area contributed by atoms with Crippen molar-refractivity contribution in [1.29, 1.82) is 0 Å². The zero-order chi connectivity index (χ0) is 20.1. The van der Waals surface area contributed by atoms with E-state index in [1.807, 2.05) is 0 Å². The predicted octanol–water partition coefficient (Wildman–Crippen LogP) is 1.77. The number of ether oxygens (including phenoxy) is 1. The largest absolute Gasteiger partial charge is 0.454 e. The zero-order valence-corrected chi connectivity index (χ0v) is 14.8. The van der Waals surface area contributed by atoms with Crippen molar-refractivity contribution in [3.05, 3.63) is 34.1 Å². The van der Waals surface area contributed by atoms with Crippen LogP contribution in [0.25, 0.3) is 0 Å². The first-order valence-corrected chi connectivity index (χ1v) is 7.63. The van der Waals surface area contributed by atoms with Crippen LogP contribution >= 0.6 is 0 Å². The van der Waals surface area contributed by atoms with Crippen molar-refractivity contribution in [2.24, 2.45) is 5.41 Å². The summed E-state index contributed by atoms with van der Waals surface area (Å²) in [6.07, 6.45) is 0. The van der Waals surface area contributed by atoms with Gasteiger partial charge in [0, 0.05) is 17.2 Å². The number of carbonyl (C=O) groups excluding carboxylic acids is 3. The summed E-state index contributed by atoms with van der Waals surface area (Å²) in [5, 5.41) is 15.4. The third-order valence-corrected chi connectivity index (χ3v) is 3.15. The van der Waals surface area contributed by atoms with Crippen LogP contribution in [-0.2, 0) is 19.1 Å². The Balaban J connectivity index is 2.56. The van der Waals surface area contributed by atoms with Crippen molar-refractivity contribution in [2.75, 3.05) is 11.9 Å². The van der Waals surface area contributed by atoms with Gasteiger partial charge in [0.15, 0.2) is 6.61 Å². The Hall–Kier alpha value is -3.04. The summed E-state index contributed by atoms with van der Waals surface area (Å²) in [7, 11) is 0. The lowest BCUT2D eigenvalue weighted by molar-refractivity contribution is -0.387. The molecule has 0 fully saturated rings. The number of esters is 1. The lowest BCUT2D eigenvalue weighted by Gasteiger charge is -2.20. The third-order valence-electron chi connectivity index (χ3n) is 3.15. The maximum atomic E-state index is 13.2. The van der Waals surface area contributed by atoms with E-state index in [0.29, 0.717) is 0 Å². The van der Waals surface area contributed by atoms with Crippen molar-refractivity contribution in [1.82, 2.24) is 5.32 Å². The van der Waals surface area contributed by atoms with E-state index in [9.17, 15) is 28.9 Å². The molecule has 1 aromatic carbocycles. The van der Waals surface area contributed by atoms with E-state index in [1.165, 1.54) is 6.92 Å². The molecule has 0 aliphatic carbocycles. The van der Waals surface area contributed by atoms with Gasteiger partial charge in [0.2, 0.25) is 11.7 Å². The van der Waals surface area contributed by atoms with Crippen LogP contribution in [0, 0.1) is 21.3 Å². The van der Waals surface area contributed by atoms with Crippen LogP contribution in [0.15, 0.2) is 18.2 Å². The first kappa shape index (κ1) is 21.0. The number of hydrogen-bond acceptors (Lipinski definition) is 6. The smallest absolute Gasteiger partial charge is 0.328 e. The summed E-state index contributed by atoms with van der Waals surface area (Å²) in [5.74, 6) is -2.98. The number of rotatable bonds is 6. The molecule has 0 radical (unpaired) electrons. The highest BCUT2D eigenvalue weighted by Gasteiger charge is 2.26. The summed E-state index contributed by atoms with van der Waals surface area (Å²) < 4.78 is 18.0. The van der Waals surface area contributed by atoms with Gasteiger partial charge in [-0.3, -0.25) is 19.7 Å². The van der Waals surface area contributed by atoms with Gasteiger partial charge in [0.1, 0.15) is 6.04 Å². The van der Waals surface area contributed by atoms with Gasteiger partial charge in [0.05, 0.1) is 4.92 Å².